The minimum atomic E-state index is -2.02. The molecule has 15 atom stereocenters. The normalized spacial score (nSPS) is 15.2. The molecule has 2 aromatic rings. The SMILES string of the molecule is CSCCC(NC(=O)C(CCCCN)NC(=O)C(CO)NC(=O)C(N)Cc1c[nH]c2ccccc12)C(=O)NC(CC(=O)O)C(=O)NC(CCC(N)=O)C(=O)NC(CC(C)C)C(=O)NC(C)C(=O)NC(CCCCN)C(=O)NC(CCC(=O)O)C(=O)NC(CC(C)C)C(=O)NC(C(=O)NC(C)C(=O)NC(CCC(=O)O)C(=O)O)C(C)O. The number of carbonyl (C=O) groups is 18. The van der Waals surface area contributed by atoms with Gasteiger partial charge in [-0.3, -0.25) is 81.5 Å². The van der Waals surface area contributed by atoms with Gasteiger partial charge in [-0.1, -0.05) is 45.9 Å². The highest BCUT2D eigenvalue weighted by atomic mass is 32.2. The fraction of sp³-hybridized carbons (Fsp3) is 0.639. The third-order valence-electron chi connectivity index (χ3n) is 17.8. The standard InChI is InChI=1S/C72H116N18O24S/c1-35(2)29-50(67(108)78-37(5)59(100)80-44(17-11-13-26-73)62(103)82-47(20-23-55(94)95)65(106)87-51(30-36(3)4)69(110)90-58(39(7)92)71(112)79-38(6)60(101)85-49(72(113)114)21-24-56(96)97)86-64(105)46(19-22-54(76)93)83-68(109)52(32-57(98)99)88-66(107)48(25-28-115-8)84-63(104)45(18-12-14-27-74)81-70(111)53(34-91)89-61(102)42(75)31-40-33-77-43-16-10-9-15-41(40)43/h9-10,15-16,33,35-39,42,44-53,58,77,91-92H,11-14,17-32,34,73-75H2,1-8H3,(H2,76,93)(H,78,108)(H,79,112)(H,80,100)(H,81,111)(H,82,103)(H,83,109)(H,84,104)(H,85,101)(H,86,105)(H,87,106)(H,88,107)(H,89,102)(H,90,110)(H,94,95)(H,96,97)(H,98,99)(H,113,114). The van der Waals surface area contributed by atoms with Gasteiger partial charge in [0.25, 0.3) is 0 Å². The first-order valence-electron chi connectivity index (χ1n) is 37.7. The number of benzene rings is 1. The number of carboxylic acid groups (broad SMARTS) is 4. The quantitative estimate of drug-likeness (QED) is 0.0275. The van der Waals surface area contributed by atoms with Crippen LogP contribution in [0.2, 0.25) is 0 Å². The lowest BCUT2D eigenvalue weighted by Gasteiger charge is -2.29. The number of carbonyl (C=O) groups excluding carboxylic acids is 14. The number of nitrogens with one attached hydrogen (secondary N) is 14. The van der Waals surface area contributed by atoms with Crippen LogP contribution >= 0.6 is 11.8 Å². The molecule has 42 nitrogen and oxygen atoms in total. The lowest BCUT2D eigenvalue weighted by atomic mass is 10.0. The monoisotopic (exact) mass is 1650 g/mol. The Morgan fingerprint density at radius 3 is 1.23 bits per heavy atom. The topological polar surface area (TPSA) is 705 Å². The number of H-pyrrole nitrogens is 1. The number of rotatable bonds is 57. The van der Waals surface area contributed by atoms with E-state index in [0.29, 0.717) is 12.0 Å². The fourth-order valence-corrected chi connectivity index (χ4v) is 11.9. The number of para-hydroxylation sites is 1. The van der Waals surface area contributed by atoms with Gasteiger partial charge in [0, 0.05) is 36.4 Å². The van der Waals surface area contributed by atoms with E-state index < -0.39 is 261 Å². The van der Waals surface area contributed by atoms with Crippen molar-refractivity contribution in [3.8, 4) is 0 Å². The van der Waals surface area contributed by atoms with Crippen LogP contribution in [0.1, 0.15) is 157 Å². The first kappa shape index (κ1) is 100. The van der Waals surface area contributed by atoms with Crippen LogP contribution in [0, 0.1) is 11.8 Å². The Kier molecular flexibility index (Phi) is 45.4. The smallest absolute Gasteiger partial charge is 0.326 e. The molecule has 0 radical (unpaired) electrons. The number of thioether (sulfide) groups is 1. The predicted octanol–water partition coefficient (Wildman–Crippen LogP) is -5.59. The summed E-state index contributed by atoms with van der Waals surface area (Å²) in [6, 6.07) is -15.4. The molecule has 115 heavy (non-hydrogen) atoms. The van der Waals surface area contributed by atoms with Crippen molar-refractivity contribution in [2.45, 2.75) is 248 Å². The molecule has 0 fully saturated rings. The van der Waals surface area contributed by atoms with Crippen molar-refractivity contribution < 1.29 is 117 Å². The molecular formula is C72H116N18O24S. The number of amides is 14. The zero-order chi connectivity index (χ0) is 86.9. The van der Waals surface area contributed by atoms with E-state index in [2.05, 4.69) is 74.1 Å². The van der Waals surface area contributed by atoms with Gasteiger partial charge in [0.05, 0.1) is 25.2 Å². The van der Waals surface area contributed by atoms with Gasteiger partial charge in [0.2, 0.25) is 82.7 Å². The number of hydrogen-bond acceptors (Lipinski definition) is 24. The molecule has 2 rings (SSSR count). The summed E-state index contributed by atoms with van der Waals surface area (Å²) in [5.41, 5.74) is 24.7. The molecule has 28 N–H and O–H groups in total. The molecule has 15 unspecified atom stereocenters. The van der Waals surface area contributed by atoms with Crippen LogP contribution in [0.15, 0.2) is 30.5 Å². The zero-order valence-corrected chi connectivity index (χ0v) is 66.6. The van der Waals surface area contributed by atoms with Gasteiger partial charge < -0.3 is 128 Å². The lowest BCUT2D eigenvalue weighted by molar-refractivity contribution is -0.143. The average molecular weight is 1650 g/mol. The third-order valence-corrected chi connectivity index (χ3v) is 18.4. The van der Waals surface area contributed by atoms with Crippen molar-refractivity contribution >= 4 is 129 Å². The van der Waals surface area contributed by atoms with E-state index in [0.717, 1.165) is 24.8 Å². The van der Waals surface area contributed by atoms with Crippen molar-refractivity contribution in [3.05, 3.63) is 36.0 Å². The summed E-state index contributed by atoms with van der Waals surface area (Å²) in [4.78, 5) is 244. The minimum Gasteiger partial charge on any atom is -0.481 e. The Morgan fingerprint density at radius 2 is 0.800 bits per heavy atom. The number of aliphatic hydroxyl groups excluding tert-OH is 2. The van der Waals surface area contributed by atoms with Gasteiger partial charge in [-0.05, 0) is 153 Å². The van der Waals surface area contributed by atoms with Crippen molar-refractivity contribution in [1.29, 1.82) is 0 Å². The second-order valence-corrected chi connectivity index (χ2v) is 29.6. The number of carboxylic acids is 4. The molecule has 0 saturated carbocycles. The van der Waals surface area contributed by atoms with E-state index >= 15 is 0 Å². The predicted molar refractivity (Wildman–Crippen MR) is 415 cm³/mol. The van der Waals surface area contributed by atoms with Gasteiger partial charge in [-0.2, -0.15) is 11.8 Å². The Hall–Kier alpha value is -10.6. The molecule has 1 heterocycles. The summed E-state index contributed by atoms with van der Waals surface area (Å²) >= 11 is 1.23. The molecule has 43 heteroatoms. The Bertz CT molecular complexity index is 3660. The highest BCUT2D eigenvalue weighted by Crippen LogP contribution is 2.20. The van der Waals surface area contributed by atoms with Gasteiger partial charge in [-0.15, -0.1) is 0 Å². The molecule has 0 aliphatic heterocycles. The highest BCUT2D eigenvalue weighted by Gasteiger charge is 2.39. The molecule has 0 spiro atoms. The van der Waals surface area contributed by atoms with Crippen LogP contribution in [-0.4, -0.2) is 265 Å². The summed E-state index contributed by atoms with van der Waals surface area (Å²) in [7, 11) is 0. The van der Waals surface area contributed by atoms with Crippen LogP contribution < -0.4 is 92.1 Å². The largest absolute Gasteiger partial charge is 0.481 e. The Balaban J connectivity index is 2.40. The maximum absolute atomic E-state index is 14.3. The molecule has 0 bridgehead atoms. The van der Waals surface area contributed by atoms with Gasteiger partial charge in [0.1, 0.15) is 78.5 Å². The second-order valence-electron chi connectivity index (χ2n) is 28.6. The molecular weight excluding hydrogens is 1530 g/mol. The number of aromatic nitrogens is 1. The molecule has 0 aliphatic rings. The number of unbranched alkanes of at least 4 members (excludes halogenated alkanes) is 2. The summed E-state index contributed by atoms with van der Waals surface area (Å²) in [5, 5.41) is 90.9. The fourth-order valence-electron chi connectivity index (χ4n) is 11.4. The Labute approximate surface area is 668 Å². The zero-order valence-electron chi connectivity index (χ0n) is 65.8. The van der Waals surface area contributed by atoms with Gasteiger partial charge in [0.15, 0.2) is 0 Å². The number of fused-ring (bicyclic) bond motifs is 1. The van der Waals surface area contributed by atoms with Crippen molar-refractivity contribution in [2.75, 3.05) is 31.7 Å². The van der Waals surface area contributed by atoms with E-state index in [-0.39, 0.29) is 76.6 Å². The third kappa shape index (κ3) is 37.5. The molecule has 1 aromatic carbocycles. The highest BCUT2D eigenvalue weighted by molar-refractivity contribution is 7.98. The molecule has 14 amide bonds. The minimum absolute atomic E-state index is 0.0419. The van der Waals surface area contributed by atoms with E-state index in [4.69, 9.17) is 28.0 Å². The number of hydrogen-bond donors (Lipinski definition) is 24. The molecule has 644 valence electrons. The van der Waals surface area contributed by atoms with Crippen LogP contribution in [-0.2, 0) is 92.7 Å². The van der Waals surface area contributed by atoms with Crippen molar-refractivity contribution in [2.24, 2.45) is 34.8 Å². The van der Waals surface area contributed by atoms with E-state index in [1.54, 1.807) is 46.2 Å². The van der Waals surface area contributed by atoms with Gasteiger partial charge >= 0.3 is 23.9 Å². The number of aliphatic hydroxyl groups is 2. The van der Waals surface area contributed by atoms with Crippen LogP contribution in [0.5, 0.6) is 0 Å². The molecule has 0 saturated heterocycles. The maximum atomic E-state index is 14.3. The number of primary amides is 1. The van der Waals surface area contributed by atoms with Gasteiger partial charge in [-0.25, -0.2) is 4.79 Å². The summed E-state index contributed by atoms with van der Waals surface area (Å²) in [6.45, 7) is 9.35. The molecule has 0 aliphatic carbocycles. The number of aliphatic carboxylic acids is 4. The average Bonchev–Trinajstić information content (AvgIpc) is 1.68. The lowest BCUT2D eigenvalue weighted by Crippen LogP contribution is -2.61. The van der Waals surface area contributed by atoms with Crippen LogP contribution in [0.3, 0.4) is 0 Å². The van der Waals surface area contributed by atoms with E-state index in [1.165, 1.54) is 18.7 Å². The molecule has 1 aromatic heterocycles. The van der Waals surface area contributed by atoms with E-state index in [1.807, 2.05) is 18.2 Å². The Morgan fingerprint density at radius 1 is 0.426 bits per heavy atom. The maximum Gasteiger partial charge on any atom is 0.326 e. The second kappa shape index (κ2) is 52.0. The van der Waals surface area contributed by atoms with E-state index in [9.17, 15) is 112 Å². The number of aromatic amines is 1. The first-order valence-corrected chi connectivity index (χ1v) is 39.1. The van der Waals surface area contributed by atoms with Crippen LogP contribution in [0.4, 0.5) is 0 Å². The summed E-state index contributed by atoms with van der Waals surface area (Å²) in [6.07, 6.45) is -2.77. The van der Waals surface area contributed by atoms with Crippen molar-refractivity contribution in [3.63, 3.8) is 0 Å². The summed E-state index contributed by atoms with van der Waals surface area (Å²) < 4.78 is 0. The van der Waals surface area contributed by atoms with Crippen LogP contribution in [0.25, 0.3) is 10.9 Å². The first-order chi connectivity index (χ1) is 54.1. The summed E-state index contributed by atoms with van der Waals surface area (Å²) in [5.74, 6) is -21.5. The van der Waals surface area contributed by atoms with Crippen molar-refractivity contribution in [1.82, 2.24) is 74.1 Å². The number of nitrogens with two attached hydrogens (primary N) is 4.